The summed E-state index contributed by atoms with van der Waals surface area (Å²) in [5.41, 5.74) is 0.539. The van der Waals surface area contributed by atoms with Gasteiger partial charge in [-0.1, -0.05) is 18.5 Å². The molecule has 20 heavy (non-hydrogen) atoms. The number of rotatable bonds is 5. The van der Waals surface area contributed by atoms with E-state index in [1.807, 2.05) is 6.92 Å². The van der Waals surface area contributed by atoms with Gasteiger partial charge in [-0.15, -0.1) is 0 Å². The number of fused-ring (bicyclic) bond motifs is 1. The lowest BCUT2D eigenvalue weighted by Gasteiger charge is -2.03. The molecule has 0 atom stereocenters. The van der Waals surface area contributed by atoms with Crippen molar-refractivity contribution in [1.82, 2.24) is 5.32 Å². The monoisotopic (exact) mass is 295 g/mol. The Kier molecular flexibility index (Phi) is 4.63. The zero-order valence-corrected chi connectivity index (χ0v) is 11.7. The SMILES string of the molecule is CCCNC(=O)COC(=O)c1cc2cc(Cl)ccc2o1. The molecule has 0 bridgehead atoms. The summed E-state index contributed by atoms with van der Waals surface area (Å²) in [7, 11) is 0. The molecule has 0 unspecified atom stereocenters. The van der Waals surface area contributed by atoms with E-state index in [4.69, 9.17) is 20.8 Å². The number of hydrogen-bond acceptors (Lipinski definition) is 4. The quantitative estimate of drug-likeness (QED) is 0.861. The van der Waals surface area contributed by atoms with Crippen LogP contribution in [0.25, 0.3) is 11.0 Å². The van der Waals surface area contributed by atoms with Gasteiger partial charge in [-0.2, -0.15) is 0 Å². The van der Waals surface area contributed by atoms with Crippen LogP contribution in [0.2, 0.25) is 5.02 Å². The van der Waals surface area contributed by atoms with Crippen LogP contribution >= 0.6 is 11.6 Å². The summed E-state index contributed by atoms with van der Waals surface area (Å²) in [6.45, 7) is 2.17. The molecule has 106 valence electrons. The van der Waals surface area contributed by atoms with E-state index in [-0.39, 0.29) is 18.3 Å². The lowest BCUT2D eigenvalue weighted by Crippen LogP contribution is -2.29. The Morgan fingerprint density at radius 2 is 2.15 bits per heavy atom. The van der Waals surface area contributed by atoms with Crippen molar-refractivity contribution in [2.75, 3.05) is 13.2 Å². The zero-order valence-electron chi connectivity index (χ0n) is 10.9. The van der Waals surface area contributed by atoms with Gasteiger partial charge in [0.1, 0.15) is 5.58 Å². The topological polar surface area (TPSA) is 68.5 Å². The Bertz CT molecular complexity index is 635. The van der Waals surface area contributed by atoms with Crippen LogP contribution in [0.15, 0.2) is 28.7 Å². The molecule has 1 aromatic carbocycles. The van der Waals surface area contributed by atoms with E-state index in [0.717, 1.165) is 6.42 Å². The maximum atomic E-state index is 11.7. The second-order valence-electron chi connectivity index (χ2n) is 4.22. The Labute approximate surface area is 120 Å². The minimum absolute atomic E-state index is 0.0468. The normalized spacial score (nSPS) is 10.5. The number of carbonyl (C=O) groups is 2. The summed E-state index contributed by atoms with van der Waals surface area (Å²) in [6.07, 6.45) is 0.823. The third-order valence-corrected chi connectivity index (χ3v) is 2.82. The molecule has 2 rings (SSSR count). The van der Waals surface area contributed by atoms with Crippen molar-refractivity contribution in [3.05, 3.63) is 35.0 Å². The minimum Gasteiger partial charge on any atom is -0.450 e. The van der Waals surface area contributed by atoms with Crippen LogP contribution in [-0.4, -0.2) is 25.0 Å². The molecule has 1 N–H and O–H groups in total. The van der Waals surface area contributed by atoms with E-state index in [0.29, 0.717) is 22.5 Å². The first-order chi connectivity index (χ1) is 9.60. The maximum absolute atomic E-state index is 11.7. The van der Waals surface area contributed by atoms with Crippen molar-refractivity contribution >= 4 is 34.4 Å². The average Bonchev–Trinajstić information content (AvgIpc) is 2.85. The van der Waals surface area contributed by atoms with E-state index in [1.165, 1.54) is 6.07 Å². The molecule has 1 aromatic heterocycles. The largest absolute Gasteiger partial charge is 0.450 e. The second-order valence-corrected chi connectivity index (χ2v) is 4.66. The van der Waals surface area contributed by atoms with E-state index in [9.17, 15) is 9.59 Å². The van der Waals surface area contributed by atoms with Gasteiger partial charge in [-0.05, 0) is 30.7 Å². The first-order valence-corrected chi connectivity index (χ1v) is 6.61. The number of esters is 1. The zero-order chi connectivity index (χ0) is 14.5. The van der Waals surface area contributed by atoms with Crippen molar-refractivity contribution in [2.24, 2.45) is 0 Å². The number of hydrogen-bond donors (Lipinski definition) is 1. The summed E-state index contributed by atoms with van der Waals surface area (Å²) in [4.78, 5) is 23.1. The molecule has 2 aromatic rings. The lowest BCUT2D eigenvalue weighted by atomic mass is 10.2. The van der Waals surface area contributed by atoms with Crippen LogP contribution in [0, 0.1) is 0 Å². The lowest BCUT2D eigenvalue weighted by molar-refractivity contribution is -0.124. The number of carbonyl (C=O) groups excluding carboxylic acids is 2. The highest BCUT2D eigenvalue weighted by Gasteiger charge is 2.15. The summed E-state index contributed by atoms with van der Waals surface area (Å²) in [5.74, 6) is -0.964. The number of halogens is 1. The number of benzene rings is 1. The fourth-order valence-corrected chi connectivity index (χ4v) is 1.81. The van der Waals surface area contributed by atoms with Crippen molar-refractivity contribution in [1.29, 1.82) is 0 Å². The van der Waals surface area contributed by atoms with Crippen LogP contribution in [0.5, 0.6) is 0 Å². The third kappa shape index (κ3) is 3.51. The van der Waals surface area contributed by atoms with Crippen molar-refractivity contribution in [3.63, 3.8) is 0 Å². The molecule has 0 saturated carbocycles. The molecule has 0 saturated heterocycles. The summed E-state index contributed by atoms with van der Waals surface area (Å²) >= 11 is 5.85. The first-order valence-electron chi connectivity index (χ1n) is 6.23. The number of amides is 1. The molecule has 0 aliphatic heterocycles. The second kappa shape index (κ2) is 6.43. The minimum atomic E-state index is -0.677. The van der Waals surface area contributed by atoms with Crippen LogP contribution in [0.4, 0.5) is 0 Å². The first kappa shape index (κ1) is 14.4. The molecule has 0 spiro atoms. The highest BCUT2D eigenvalue weighted by molar-refractivity contribution is 6.31. The van der Waals surface area contributed by atoms with Crippen LogP contribution in [-0.2, 0) is 9.53 Å². The summed E-state index contributed by atoms with van der Waals surface area (Å²) in [6, 6.07) is 6.56. The fourth-order valence-electron chi connectivity index (χ4n) is 1.63. The Morgan fingerprint density at radius 1 is 1.35 bits per heavy atom. The van der Waals surface area contributed by atoms with Gasteiger partial charge in [0.25, 0.3) is 5.91 Å². The summed E-state index contributed by atoms with van der Waals surface area (Å²) in [5, 5.41) is 3.87. The smallest absolute Gasteiger partial charge is 0.374 e. The van der Waals surface area contributed by atoms with Gasteiger partial charge in [0, 0.05) is 17.0 Å². The number of nitrogens with one attached hydrogen (secondary N) is 1. The van der Waals surface area contributed by atoms with Gasteiger partial charge in [0.2, 0.25) is 5.76 Å². The molecule has 0 fully saturated rings. The molecule has 1 amide bonds. The molecule has 5 nitrogen and oxygen atoms in total. The predicted molar refractivity (Wildman–Crippen MR) is 74.8 cm³/mol. The van der Waals surface area contributed by atoms with Gasteiger partial charge in [-0.3, -0.25) is 4.79 Å². The van der Waals surface area contributed by atoms with Crippen LogP contribution < -0.4 is 5.32 Å². The molecular weight excluding hydrogens is 282 g/mol. The van der Waals surface area contributed by atoms with Gasteiger partial charge < -0.3 is 14.5 Å². The number of furan rings is 1. The molecule has 0 aliphatic carbocycles. The van der Waals surface area contributed by atoms with E-state index >= 15 is 0 Å². The van der Waals surface area contributed by atoms with E-state index < -0.39 is 5.97 Å². The Morgan fingerprint density at radius 3 is 2.90 bits per heavy atom. The molecule has 0 aliphatic rings. The van der Waals surface area contributed by atoms with E-state index in [2.05, 4.69) is 5.32 Å². The third-order valence-electron chi connectivity index (χ3n) is 2.59. The highest BCUT2D eigenvalue weighted by atomic mass is 35.5. The predicted octanol–water partition coefficient (Wildman–Crippen LogP) is 2.77. The maximum Gasteiger partial charge on any atom is 0.374 e. The van der Waals surface area contributed by atoms with Gasteiger partial charge >= 0.3 is 5.97 Å². The van der Waals surface area contributed by atoms with Gasteiger partial charge in [-0.25, -0.2) is 4.79 Å². The molecule has 1 heterocycles. The Balaban J connectivity index is 1.99. The van der Waals surface area contributed by atoms with Crippen molar-refractivity contribution < 1.29 is 18.7 Å². The van der Waals surface area contributed by atoms with Gasteiger partial charge in [0.15, 0.2) is 6.61 Å². The molecule has 0 radical (unpaired) electrons. The van der Waals surface area contributed by atoms with Crippen LogP contribution in [0.1, 0.15) is 23.9 Å². The average molecular weight is 296 g/mol. The number of ether oxygens (including phenoxy) is 1. The highest BCUT2D eigenvalue weighted by Crippen LogP contribution is 2.23. The van der Waals surface area contributed by atoms with Crippen LogP contribution in [0.3, 0.4) is 0 Å². The van der Waals surface area contributed by atoms with Gasteiger partial charge in [0.05, 0.1) is 0 Å². The molecule has 6 heteroatoms. The van der Waals surface area contributed by atoms with E-state index in [1.54, 1.807) is 18.2 Å². The molecular formula is C14H14ClNO4. The summed E-state index contributed by atoms with van der Waals surface area (Å²) < 4.78 is 10.2. The van der Waals surface area contributed by atoms with Crippen molar-refractivity contribution in [2.45, 2.75) is 13.3 Å². The van der Waals surface area contributed by atoms with Crippen molar-refractivity contribution in [3.8, 4) is 0 Å². The standard InChI is InChI=1S/C14H14ClNO4/c1-2-5-16-13(17)8-19-14(18)12-7-9-6-10(15)3-4-11(9)20-12/h3-4,6-7H,2,5,8H2,1H3,(H,16,17). The fraction of sp³-hybridized carbons (Fsp3) is 0.286. The Hall–Kier alpha value is -2.01.